The van der Waals surface area contributed by atoms with E-state index in [1.165, 1.54) is 0 Å². The maximum atomic E-state index is 12.5. The van der Waals surface area contributed by atoms with Gasteiger partial charge >= 0.3 is 0 Å². The van der Waals surface area contributed by atoms with Crippen LogP contribution in [0.2, 0.25) is 0 Å². The van der Waals surface area contributed by atoms with Crippen LogP contribution in [-0.4, -0.2) is 36.0 Å². The number of likely N-dealkylation sites (tertiary alicyclic amines) is 1. The van der Waals surface area contributed by atoms with Gasteiger partial charge in [-0.2, -0.15) is 0 Å². The number of carbonyl (C=O) groups excluding carboxylic acids is 1. The van der Waals surface area contributed by atoms with E-state index in [4.69, 9.17) is 0 Å². The fraction of sp³-hybridized carbons (Fsp3) is 0.857. The number of rotatable bonds is 5. The SMILES string of the molecule is CC(C)C#CC1CCN(C(=O)CNC(C)(C)C(C)(C)C(C)C)CC1. The molecule has 0 aromatic rings. The fourth-order valence-corrected chi connectivity index (χ4v) is 2.92. The van der Waals surface area contributed by atoms with E-state index in [0.29, 0.717) is 24.3 Å². The number of nitrogens with one attached hydrogen (secondary N) is 1. The Morgan fingerprint density at radius 1 is 1.12 bits per heavy atom. The number of hydrogen-bond acceptors (Lipinski definition) is 2. The first-order valence-electron chi connectivity index (χ1n) is 9.51. The molecule has 3 nitrogen and oxygen atoms in total. The minimum absolute atomic E-state index is 0.0854. The van der Waals surface area contributed by atoms with Crippen molar-refractivity contribution in [1.29, 1.82) is 0 Å². The Morgan fingerprint density at radius 2 is 1.67 bits per heavy atom. The van der Waals surface area contributed by atoms with Crippen LogP contribution in [0.1, 0.15) is 68.2 Å². The molecule has 0 saturated carbocycles. The van der Waals surface area contributed by atoms with Crippen molar-refractivity contribution in [1.82, 2.24) is 10.2 Å². The smallest absolute Gasteiger partial charge is 0.236 e. The first-order chi connectivity index (χ1) is 11.0. The highest BCUT2D eigenvalue weighted by atomic mass is 16.2. The van der Waals surface area contributed by atoms with Gasteiger partial charge < -0.3 is 10.2 Å². The number of piperidine rings is 1. The average molecular weight is 335 g/mol. The summed E-state index contributed by atoms with van der Waals surface area (Å²) in [5.74, 6) is 8.29. The molecule has 0 spiro atoms. The van der Waals surface area contributed by atoms with Crippen molar-refractivity contribution in [3.63, 3.8) is 0 Å². The van der Waals surface area contributed by atoms with Gasteiger partial charge in [0, 0.05) is 30.5 Å². The molecule has 1 amide bonds. The number of nitrogens with zero attached hydrogens (tertiary/aromatic N) is 1. The van der Waals surface area contributed by atoms with Crippen molar-refractivity contribution in [2.45, 2.75) is 73.8 Å². The Hall–Kier alpha value is -1.01. The van der Waals surface area contributed by atoms with Gasteiger partial charge in [0.15, 0.2) is 0 Å². The van der Waals surface area contributed by atoms with Gasteiger partial charge in [0.1, 0.15) is 0 Å². The first-order valence-corrected chi connectivity index (χ1v) is 9.51. The van der Waals surface area contributed by atoms with Crippen molar-refractivity contribution in [2.24, 2.45) is 23.2 Å². The largest absolute Gasteiger partial charge is 0.342 e. The van der Waals surface area contributed by atoms with E-state index in [-0.39, 0.29) is 16.9 Å². The second kappa shape index (κ2) is 8.39. The summed E-state index contributed by atoms with van der Waals surface area (Å²) in [6.07, 6.45) is 2.01. The third kappa shape index (κ3) is 5.52. The zero-order valence-corrected chi connectivity index (χ0v) is 17.1. The van der Waals surface area contributed by atoms with Crippen LogP contribution < -0.4 is 5.32 Å². The van der Waals surface area contributed by atoms with E-state index in [1.807, 2.05) is 4.90 Å². The fourth-order valence-electron chi connectivity index (χ4n) is 2.92. The maximum Gasteiger partial charge on any atom is 0.236 e. The van der Waals surface area contributed by atoms with Gasteiger partial charge in [0.2, 0.25) is 5.91 Å². The molecular weight excluding hydrogens is 296 g/mol. The van der Waals surface area contributed by atoms with Crippen LogP contribution in [0.3, 0.4) is 0 Å². The minimum Gasteiger partial charge on any atom is -0.342 e. The van der Waals surface area contributed by atoms with E-state index in [2.05, 4.69) is 72.5 Å². The van der Waals surface area contributed by atoms with Crippen LogP contribution in [0.4, 0.5) is 0 Å². The van der Waals surface area contributed by atoms with Crippen LogP contribution in [-0.2, 0) is 4.79 Å². The zero-order valence-electron chi connectivity index (χ0n) is 17.1. The van der Waals surface area contributed by atoms with Crippen LogP contribution in [0.15, 0.2) is 0 Å². The molecule has 1 fully saturated rings. The summed E-state index contributed by atoms with van der Waals surface area (Å²) < 4.78 is 0. The molecule has 1 saturated heterocycles. The normalized spacial score (nSPS) is 17.2. The molecule has 0 atom stereocenters. The molecule has 1 rings (SSSR count). The Balaban J connectivity index is 2.49. The third-order valence-electron chi connectivity index (χ3n) is 6.16. The monoisotopic (exact) mass is 334 g/mol. The summed E-state index contributed by atoms with van der Waals surface area (Å²) in [4.78, 5) is 14.5. The minimum atomic E-state index is -0.0854. The quantitative estimate of drug-likeness (QED) is 0.773. The molecule has 1 aliphatic rings. The second-order valence-corrected chi connectivity index (χ2v) is 8.95. The van der Waals surface area contributed by atoms with Crippen molar-refractivity contribution < 1.29 is 4.79 Å². The maximum absolute atomic E-state index is 12.5. The highest BCUT2D eigenvalue weighted by molar-refractivity contribution is 5.78. The summed E-state index contributed by atoms with van der Waals surface area (Å²) in [6.45, 7) is 19.8. The molecule has 3 heteroatoms. The molecule has 0 aromatic carbocycles. The molecule has 24 heavy (non-hydrogen) atoms. The van der Waals surface area contributed by atoms with Gasteiger partial charge in [-0.3, -0.25) is 4.79 Å². The van der Waals surface area contributed by atoms with Gasteiger partial charge in [-0.05, 0) is 38.0 Å². The molecule has 1 heterocycles. The van der Waals surface area contributed by atoms with E-state index in [0.717, 1.165) is 25.9 Å². The molecule has 0 radical (unpaired) electrons. The van der Waals surface area contributed by atoms with E-state index in [9.17, 15) is 4.79 Å². The van der Waals surface area contributed by atoms with E-state index in [1.54, 1.807) is 0 Å². The Kier molecular flexibility index (Phi) is 7.35. The highest BCUT2D eigenvalue weighted by Gasteiger charge is 2.39. The standard InChI is InChI=1S/C21H38N2O/c1-16(2)9-10-18-11-13-23(14-12-18)19(24)15-22-21(7,8)20(5,6)17(3)4/h16-18,22H,11-15H2,1-8H3. The zero-order chi connectivity index (χ0) is 18.5. The summed E-state index contributed by atoms with van der Waals surface area (Å²) in [7, 11) is 0. The molecule has 0 aliphatic carbocycles. The van der Waals surface area contributed by atoms with Gasteiger partial charge in [0.25, 0.3) is 0 Å². The lowest BCUT2D eigenvalue weighted by Crippen LogP contribution is -2.56. The predicted octanol–water partition coefficient (Wildman–Crippen LogP) is 3.93. The van der Waals surface area contributed by atoms with Crippen molar-refractivity contribution >= 4 is 5.91 Å². The summed E-state index contributed by atoms with van der Waals surface area (Å²) in [6, 6.07) is 0. The van der Waals surface area contributed by atoms with Gasteiger partial charge in [0.05, 0.1) is 6.54 Å². The molecule has 1 aliphatic heterocycles. The van der Waals surface area contributed by atoms with Crippen molar-refractivity contribution in [3.05, 3.63) is 0 Å². The van der Waals surface area contributed by atoms with Gasteiger partial charge in [-0.25, -0.2) is 0 Å². The molecular formula is C21H38N2O. The summed E-state index contributed by atoms with van der Waals surface area (Å²) >= 11 is 0. The Labute approximate surface area is 150 Å². The van der Waals surface area contributed by atoms with E-state index < -0.39 is 0 Å². The van der Waals surface area contributed by atoms with Crippen LogP contribution >= 0.6 is 0 Å². The summed E-state index contributed by atoms with van der Waals surface area (Å²) in [5.41, 5.74) is 0.0323. The van der Waals surface area contributed by atoms with Gasteiger partial charge in [-0.1, -0.05) is 47.5 Å². The highest BCUT2D eigenvalue weighted by Crippen LogP contribution is 2.37. The molecule has 0 unspecified atom stereocenters. The predicted molar refractivity (Wildman–Crippen MR) is 103 cm³/mol. The van der Waals surface area contributed by atoms with Crippen molar-refractivity contribution in [3.8, 4) is 11.8 Å². The number of hydrogen-bond donors (Lipinski definition) is 1. The first kappa shape index (κ1) is 21.0. The topological polar surface area (TPSA) is 32.3 Å². The average Bonchev–Trinajstić information content (AvgIpc) is 2.50. The summed E-state index contributed by atoms with van der Waals surface area (Å²) in [5, 5.41) is 3.51. The number of amides is 1. The Morgan fingerprint density at radius 3 is 2.12 bits per heavy atom. The second-order valence-electron chi connectivity index (χ2n) is 8.95. The van der Waals surface area contributed by atoms with Crippen molar-refractivity contribution in [2.75, 3.05) is 19.6 Å². The van der Waals surface area contributed by atoms with Gasteiger partial charge in [-0.15, -0.1) is 5.92 Å². The molecule has 1 N–H and O–H groups in total. The lowest BCUT2D eigenvalue weighted by atomic mass is 9.67. The third-order valence-corrected chi connectivity index (χ3v) is 6.16. The molecule has 138 valence electrons. The number of carbonyl (C=O) groups is 1. The molecule has 0 aromatic heterocycles. The Bertz CT molecular complexity index is 472. The lowest BCUT2D eigenvalue weighted by molar-refractivity contribution is -0.132. The van der Waals surface area contributed by atoms with E-state index >= 15 is 0 Å². The lowest BCUT2D eigenvalue weighted by Gasteiger charge is -2.46. The van der Waals surface area contributed by atoms with Crippen LogP contribution in [0.5, 0.6) is 0 Å². The van der Waals surface area contributed by atoms with Crippen LogP contribution in [0.25, 0.3) is 0 Å². The molecule has 0 bridgehead atoms. The van der Waals surface area contributed by atoms with Crippen LogP contribution in [0, 0.1) is 35.0 Å².